The van der Waals surface area contributed by atoms with Gasteiger partial charge in [0.25, 0.3) is 0 Å². The summed E-state index contributed by atoms with van der Waals surface area (Å²) in [6, 6.07) is 0.109. The molecule has 0 bridgehead atoms. The summed E-state index contributed by atoms with van der Waals surface area (Å²) >= 11 is 0. The van der Waals surface area contributed by atoms with Crippen molar-refractivity contribution in [2.24, 2.45) is 0 Å². The summed E-state index contributed by atoms with van der Waals surface area (Å²) in [5, 5.41) is 3.65. The molecular weight excluding hydrogens is 248 g/mol. The molecule has 1 N–H and O–H groups in total. The van der Waals surface area contributed by atoms with Crippen LogP contribution in [0.2, 0.25) is 0 Å². The fourth-order valence-corrected chi connectivity index (χ4v) is 3.89. The van der Waals surface area contributed by atoms with Crippen molar-refractivity contribution in [1.29, 1.82) is 0 Å². The standard InChI is InChI=1S/C13H28N2O2S/c1-5-13(6-2)11-15(9-7-8-14-13)12(3)10-18(4,16)17/h12,14H,5-11H2,1-4H3. The van der Waals surface area contributed by atoms with Gasteiger partial charge in [0.1, 0.15) is 9.84 Å². The van der Waals surface area contributed by atoms with Crippen LogP contribution in [0.1, 0.15) is 40.0 Å². The highest BCUT2D eigenvalue weighted by Gasteiger charge is 2.32. The largest absolute Gasteiger partial charge is 0.310 e. The van der Waals surface area contributed by atoms with Gasteiger partial charge in [-0.3, -0.25) is 4.90 Å². The summed E-state index contributed by atoms with van der Waals surface area (Å²) in [6.07, 6.45) is 4.60. The Hall–Kier alpha value is -0.130. The SMILES string of the molecule is CCC1(CC)CN(C(C)CS(C)(=O)=O)CCCN1. The van der Waals surface area contributed by atoms with Gasteiger partial charge in [-0.15, -0.1) is 0 Å². The van der Waals surface area contributed by atoms with Crippen molar-refractivity contribution >= 4 is 9.84 Å². The Morgan fingerprint density at radius 2 is 1.94 bits per heavy atom. The zero-order chi connectivity index (χ0) is 13.8. The van der Waals surface area contributed by atoms with Gasteiger partial charge in [0.05, 0.1) is 5.75 Å². The molecule has 1 heterocycles. The molecule has 108 valence electrons. The summed E-state index contributed by atoms with van der Waals surface area (Å²) in [7, 11) is -2.90. The molecule has 0 aromatic rings. The molecule has 1 aliphatic heterocycles. The average molecular weight is 276 g/mol. The van der Waals surface area contributed by atoms with Crippen molar-refractivity contribution in [1.82, 2.24) is 10.2 Å². The smallest absolute Gasteiger partial charge is 0.148 e. The topological polar surface area (TPSA) is 49.4 Å². The van der Waals surface area contributed by atoms with E-state index in [1.54, 1.807) is 0 Å². The van der Waals surface area contributed by atoms with Crippen LogP contribution < -0.4 is 5.32 Å². The van der Waals surface area contributed by atoms with Crippen molar-refractivity contribution < 1.29 is 8.42 Å². The molecule has 0 aliphatic carbocycles. The molecule has 1 fully saturated rings. The van der Waals surface area contributed by atoms with Gasteiger partial charge in [0.15, 0.2) is 0 Å². The maximum absolute atomic E-state index is 11.4. The normalized spacial score (nSPS) is 23.6. The van der Waals surface area contributed by atoms with Gasteiger partial charge in [-0.05, 0) is 39.3 Å². The molecular formula is C13H28N2O2S. The molecule has 0 aromatic heterocycles. The Bertz CT molecular complexity index is 350. The first kappa shape index (κ1) is 15.9. The Labute approximate surface area is 112 Å². The van der Waals surface area contributed by atoms with Crippen molar-refractivity contribution in [3.05, 3.63) is 0 Å². The summed E-state index contributed by atoms with van der Waals surface area (Å²) < 4.78 is 22.9. The molecule has 5 heteroatoms. The van der Waals surface area contributed by atoms with Crippen molar-refractivity contribution in [3.63, 3.8) is 0 Å². The third-order valence-corrected chi connectivity index (χ3v) is 5.24. The van der Waals surface area contributed by atoms with Crippen LogP contribution in [0.15, 0.2) is 0 Å². The second kappa shape index (κ2) is 6.35. The molecule has 1 unspecified atom stereocenters. The average Bonchev–Trinajstić information content (AvgIpc) is 2.50. The highest BCUT2D eigenvalue weighted by Crippen LogP contribution is 2.21. The lowest BCUT2D eigenvalue weighted by Gasteiger charge is -2.37. The van der Waals surface area contributed by atoms with Crippen molar-refractivity contribution in [3.8, 4) is 0 Å². The van der Waals surface area contributed by atoms with E-state index in [4.69, 9.17) is 0 Å². The van der Waals surface area contributed by atoms with Crippen LogP contribution in [0.25, 0.3) is 0 Å². The van der Waals surface area contributed by atoms with Crippen molar-refractivity contribution in [2.45, 2.75) is 51.6 Å². The zero-order valence-corrected chi connectivity index (χ0v) is 13.0. The Kier molecular flexibility index (Phi) is 5.62. The van der Waals surface area contributed by atoms with E-state index in [-0.39, 0.29) is 17.3 Å². The zero-order valence-electron chi connectivity index (χ0n) is 12.2. The third kappa shape index (κ3) is 4.52. The maximum Gasteiger partial charge on any atom is 0.148 e. The van der Waals surface area contributed by atoms with Crippen LogP contribution in [0.4, 0.5) is 0 Å². The predicted molar refractivity (Wildman–Crippen MR) is 76.7 cm³/mol. The summed E-state index contributed by atoms with van der Waals surface area (Å²) in [5.41, 5.74) is 0.155. The molecule has 0 saturated carbocycles. The van der Waals surface area contributed by atoms with Crippen LogP contribution in [-0.2, 0) is 9.84 Å². The monoisotopic (exact) mass is 276 g/mol. The molecule has 1 aliphatic rings. The Morgan fingerprint density at radius 1 is 1.33 bits per heavy atom. The van der Waals surface area contributed by atoms with Crippen LogP contribution in [0.5, 0.6) is 0 Å². The second-order valence-corrected chi connectivity index (χ2v) is 7.86. The van der Waals surface area contributed by atoms with Gasteiger partial charge in [-0.25, -0.2) is 8.42 Å². The molecule has 18 heavy (non-hydrogen) atoms. The lowest BCUT2D eigenvalue weighted by Crippen LogP contribution is -2.53. The summed E-state index contributed by atoms with van der Waals surface area (Å²) in [4.78, 5) is 2.34. The van der Waals surface area contributed by atoms with E-state index in [9.17, 15) is 8.42 Å². The second-order valence-electron chi connectivity index (χ2n) is 5.68. The molecule has 0 radical (unpaired) electrons. The van der Waals surface area contributed by atoms with E-state index in [1.807, 2.05) is 6.92 Å². The predicted octanol–water partition coefficient (Wildman–Crippen LogP) is 1.27. The van der Waals surface area contributed by atoms with Crippen LogP contribution >= 0.6 is 0 Å². The first-order valence-electron chi connectivity index (χ1n) is 6.98. The van der Waals surface area contributed by atoms with Crippen molar-refractivity contribution in [2.75, 3.05) is 31.6 Å². The number of hydrogen-bond donors (Lipinski definition) is 1. The molecule has 1 atom stereocenters. The maximum atomic E-state index is 11.4. The number of rotatable bonds is 5. The molecule has 0 aromatic carbocycles. The van der Waals surface area contributed by atoms with Crippen LogP contribution in [0, 0.1) is 0 Å². The first-order valence-corrected chi connectivity index (χ1v) is 9.05. The number of sulfone groups is 1. The number of hydrogen-bond acceptors (Lipinski definition) is 4. The van der Waals surface area contributed by atoms with E-state index in [0.29, 0.717) is 0 Å². The Balaban J connectivity index is 2.75. The van der Waals surface area contributed by atoms with Crippen LogP contribution in [-0.4, -0.2) is 56.5 Å². The van der Waals surface area contributed by atoms with E-state index >= 15 is 0 Å². The fraction of sp³-hybridized carbons (Fsp3) is 1.00. The molecule has 4 nitrogen and oxygen atoms in total. The molecule has 1 saturated heterocycles. The van der Waals surface area contributed by atoms with E-state index < -0.39 is 9.84 Å². The van der Waals surface area contributed by atoms with Gasteiger partial charge in [0.2, 0.25) is 0 Å². The minimum atomic E-state index is -2.90. The first-order chi connectivity index (χ1) is 8.32. The molecule has 1 rings (SSSR count). The van der Waals surface area contributed by atoms with E-state index in [0.717, 1.165) is 38.9 Å². The summed E-state index contributed by atoms with van der Waals surface area (Å²) in [5.74, 6) is 0.260. The van der Waals surface area contributed by atoms with Gasteiger partial charge in [-0.2, -0.15) is 0 Å². The Morgan fingerprint density at radius 3 is 2.44 bits per heavy atom. The highest BCUT2D eigenvalue weighted by atomic mass is 32.2. The van der Waals surface area contributed by atoms with Gasteiger partial charge in [0, 0.05) is 24.4 Å². The van der Waals surface area contributed by atoms with Gasteiger partial charge >= 0.3 is 0 Å². The highest BCUT2D eigenvalue weighted by molar-refractivity contribution is 7.90. The van der Waals surface area contributed by atoms with Gasteiger partial charge < -0.3 is 5.32 Å². The number of nitrogens with zero attached hydrogens (tertiary/aromatic N) is 1. The fourth-order valence-electron chi connectivity index (χ4n) is 2.80. The lowest BCUT2D eigenvalue weighted by atomic mass is 9.92. The quantitative estimate of drug-likeness (QED) is 0.822. The van der Waals surface area contributed by atoms with Gasteiger partial charge in [-0.1, -0.05) is 13.8 Å². The third-order valence-electron chi connectivity index (χ3n) is 4.15. The van der Waals surface area contributed by atoms with E-state index in [2.05, 4.69) is 24.1 Å². The minimum Gasteiger partial charge on any atom is -0.310 e. The molecule has 0 amide bonds. The van der Waals surface area contributed by atoms with E-state index in [1.165, 1.54) is 6.26 Å². The summed E-state index contributed by atoms with van der Waals surface area (Å²) in [6.45, 7) is 9.43. The number of nitrogens with one attached hydrogen (secondary N) is 1. The lowest BCUT2D eigenvalue weighted by molar-refractivity contribution is 0.166. The van der Waals surface area contributed by atoms with Crippen LogP contribution in [0.3, 0.4) is 0 Å². The molecule has 0 spiro atoms. The minimum absolute atomic E-state index is 0.109.